The summed E-state index contributed by atoms with van der Waals surface area (Å²) >= 11 is 0. The van der Waals surface area contributed by atoms with Crippen LogP contribution in [0.1, 0.15) is 10.5 Å². The lowest BCUT2D eigenvalue weighted by molar-refractivity contribution is -0.137. The Balaban J connectivity index is 1.89. The van der Waals surface area contributed by atoms with Crippen molar-refractivity contribution in [1.82, 2.24) is 20.0 Å². The molecule has 0 unspecified atom stereocenters. The fourth-order valence-electron chi connectivity index (χ4n) is 1.99. The average molecular weight is 308 g/mol. The molecule has 1 fully saturated rings. The van der Waals surface area contributed by atoms with Gasteiger partial charge in [-0.15, -0.1) is 6.58 Å². The molecule has 1 saturated heterocycles. The van der Waals surface area contributed by atoms with Crippen molar-refractivity contribution in [3.8, 4) is 5.88 Å². The summed E-state index contributed by atoms with van der Waals surface area (Å²) in [5.74, 6) is -0.0580. The molecule has 0 radical (unpaired) electrons. The van der Waals surface area contributed by atoms with Crippen molar-refractivity contribution in [1.29, 1.82) is 0 Å². The van der Waals surface area contributed by atoms with E-state index in [-0.39, 0.29) is 24.1 Å². The molecule has 0 saturated carbocycles. The van der Waals surface area contributed by atoms with Crippen LogP contribution in [0.4, 0.5) is 0 Å². The summed E-state index contributed by atoms with van der Waals surface area (Å²) in [6, 6.07) is 1.50. The number of aromatic nitrogens is 2. The lowest BCUT2D eigenvalue weighted by Gasteiger charge is -2.26. The number of hydrogen-bond donors (Lipinski definition) is 1. The third-order valence-electron chi connectivity index (χ3n) is 3.18. The zero-order valence-corrected chi connectivity index (χ0v) is 12.6. The van der Waals surface area contributed by atoms with Gasteiger partial charge in [0.25, 0.3) is 11.8 Å². The van der Waals surface area contributed by atoms with E-state index in [4.69, 9.17) is 9.47 Å². The largest absolute Gasteiger partial charge is 0.468 e. The van der Waals surface area contributed by atoms with Crippen LogP contribution in [0.2, 0.25) is 0 Å². The Labute approximate surface area is 128 Å². The van der Waals surface area contributed by atoms with Crippen LogP contribution >= 0.6 is 0 Å². The van der Waals surface area contributed by atoms with Gasteiger partial charge >= 0.3 is 0 Å². The van der Waals surface area contributed by atoms with E-state index in [1.807, 2.05) is 0 Å². The van der Waals surface area contributed by atoms with Crippen LogP contribution in [0.5, 0.6) is 5.88 Å². The second-order valence-corrected chi connectivity index (χ2v) is 4.77. The van der Waals surface area contributed by atoms with Crippen LogP contribution in [-0.2, 0) is 16.6 Å². The van der Waals surface area contributed by atoms with E-state index in [1.54, 1.807) is 18.0 Å². The third kappa shape index (κ3) is 4.08. The highest BCUT2D eigenvalue weighted by Crippen LogP contribution is 2.12. The zero-order chi connectivity index (χ0) is 15.9. The molecule has 2 rings (SSSR count). The standard InChI is InChI=1S/C14H20N4O4/c1-3-4-15-14(20)11-9-13(17(2)16-11)22-10-12(19)18-5-7-21-8-6-18/h3,9H,1,4-8,10H2,2H3,(H,15,20). The molecule has 2 amide bonds. The highest BCUT2D eigenvalue weighted by Gasteiger charge is 2.19. The zero-order valence-electron chi connectivity index (χ0n) is 12.6. The number of nitrogens with zero attached hydrogens (tertiary/aromatic N) is 3. The molecule has 0 atom stereocenters. The van der Waals surface area contributed by atoms with Crippen LogP contribution in [0.25, 0.3) is 0 Å². The Kier molecular flexibility index (Phi) is 5.54. The van der Waals surface area contributed by atoms with Gasteiger partial charge < -0.3 is 19.7 Å². The average Bonchev–Trinajstić information content (AvgIpc) is 2.92. The monoisotopic (exact) mass is 308 g/mol. The van der Waals surface area contributed by atoms with Crippen molar-refractivity contribution in [2.24, 2.45) is 7.05 Å². The second-order valence-electron chi connectivity index (χ2n) is 4.77. The van der Waals surface area contributed by atoms with E-state index in [9.17, 15) is 9.59 Å². The number of aryl methyl sites for hydroxylation is 1. The highest BCUT2D eigenvalue weighted by atomic mass is 16.5. The summed E-state index contributed by atoms with van der Waals surface area (Å²) in [6.07, 6.45) is 1.58. The fourth-order valence-corrected chi connectivity index (χ4v) is 1.99. The summed E-state index contributed by atoms with van der Waals surface area (Å²) < 4.78 is 12.1. The number of amides is 2. The first-order valence-corrected chi connectivity index (χ1v) is 7.03. The number of carbonyl (C=O) groups excluding carboxylic acids is 2. The summed E-state index contributed by atoms with van der Waals surface area (Å²) in [4.78, 5) is 25.5. The summed E-state index contributed by atoms with van der Waals surface area (Å²) in [7, 11) is 1.65. The van der Waals surface area contributed by atoms with Gasteiger partial charge in [0.2, 0.25) is 5.88 Å². The molecular formula is C14H20N4O4. The Morgan fingerprint density at radius 1 is 1.50 bits per heavy atom. The van der Waals surface area contributed by atoms with Crippen molar-refractivity contribution in [3.05, 3.63) is 24.4 Å². The molecule has 8 heteroatoms. The van der Waals surface area contributed by atoms with E-state index in [2.05, 4.69) is 17.0 Å². The number of ether oxygens (including phenoxy) is 2. The normalized spacial score (nSPS) is 14.5. The maximum Gasteiger partial charge on any atom is 0.272 e. The van der Waals surface area contributed by atoms with Gasteiger partial charge in [0.15, 0.2) is 12.3 Å². The molecule has 0 aliphatic carbocycles. The van der Waals surface area contributed by atoms with Gasteiger partial charge in [-0.3, -0.25) is 9.59 Å². The molecule has 0 aromatic carbocycles. The second kappa shape index (κ2) is 7.60. The Morgan fingerprint density at radius 3 is 2.91 bits per heavy atom. The third-order valence-corrected chi connectivity index (χ3v) is 3.18. The van der Waals surface area contributed by atoms with Crippen molar-refractivity contribution < 1.29 is 19.1 Å². The number of carbonyl (C=O) groups is 2. The predicted octanol–water partition coefficient (Wildman–Crippen LogP) is -0.426. The number of morpholine rings is 1. The van der Waals surface area contributed by atoms with E-state index in [1.165, 1.54) is 10.7 Å². The SMILES string of the molecule is C=CCNC(=O)c1cc(OCC(=O)N2CCOCC2)n(C)n1. The first-order chi connectivity index (χ1) is 10.6. The minimum atomic E-state index is -0.315. The molecule has 1 N–H and O–H groups in total. The van der Waals surface area contributed by atoms with Crippen LogP contribution in [-0.4, -0.2) is 65.9 Å². The van der Waals surface area contributed by atoms with Gasteiger partial charge in [-0.25, -0.2) is 4.68 Å². The topological polar surface area (TPSA) is 85.7 Å². The van der Waals surface area contributed by atoms with Gasteiger partial charge in [-0.05, 0) is 0 Å². The fraction of sp³-hybridized carbons (Fsp3) is 0.500. The molecule has 1 aliphatic heterocycles. The minimum Gasteiger partial charge on any atom is -0.468 e. The maximum absolute atomic E-state index is 12.0. The first-order valence-electron chi connectivity index (χ1n) is 7.03. The van der Waals surface area contributed by atoms with E-state index >= 15 is 0 Å². The van der Waals surface area contributed by atoms with E-state index < -0.39 is 0 Å². The van der Waals surface area contributed by atoms with Gasteiger partial charge in [0.1, 0.15) is 0 Å². The van der Waals surface area contributed by atoms with Crippen molar-refractivity contribution in [2.45, 2.75) is 0 Å². The quantitative estimate of drug-likeness (QED) is 0.721. The van der Waals surface area contributed by atoms with Crippen LogP contribution in [0, 0.1) is 0 Å². The van der Waals surface area contributed by atoms with E-state index in [0.29, 0.717) is 38.7 Å². The van der Waals surface area contributed by atoms with Gasteiger partial charge in [-0.1, -0.05) is 6.08 Å². The molecule has 1 aliphatic rings. The lowest BCUT2D eigenvalue weighted by atomic mass is 10.4. The predicted molar refractivity (Wildman–Crippen MR) is 78.6 cm³/mol. The molecule has 1 aromatic heterocycles. The van der Waals surface area contributed by atoms with Gasteiger partial charge in [-0.2, -0.15) is 5.10 Å². The maximum atomic E-state index is 12.0. The Morgan fingerprint density at radius 2 is 2.23 bits per heavy atom. The number of hydrogen-bond acceptors (Lipinski definition) is 5. The van der Waals surface area contributed by atoms with Crippen molar-refractivity contribution >= 4 is 11.8 Å². The number of rotatable bonds is 6. The minimum absolute atomic E-state index is 0.0900. The molecule has 0 bridgehead atoms. The number of nitrogens with one attached hydrogen (secondary N) is 1. The summed E-state index contributed by atoms with van der Waals surface area (Å²) in [5.41, 5.74) is 0.234. The van der Waals surface area contributed by atoms with Gasteiger partial charge in [0.05, 0.1) is 13.2 Å². The summed E-state index contributed by atoms with van der Waals surface area (Å²) in [5, 5.41) is 6.68. The van der Waals surface area contributed by atoms with Crippen LogP contribution in [0.3, 0.4) is 0 Å². The highest BCUT2D eigenvalue weighted by molar-refractivity contribution is 5.92. The molecule has 0 spiro atoms. The van der Waals surface area contributed by atoms with Gasteiger partial charge in [0, 0.05) is 32.7 Å². The first kappa shape index (κ1) is 16.0. The summed E-state index contributed by atoms with van der Waals surface area (Å²) in [6.45, 7) is 6.04. The molecular weight excluding hydrogens is 288 g/mol. The lowest BCUT2D eigenvalue weighted by Crippen LogP contribution is -2.43. The molecule has 8 nitrogen and oxygen atoms in total. The molecule has 120 valence electrons. The van der Waals surface area contributed by atoms with Crippen molar-refractivity contribution in [2.75, 3.05) is 39.5 Å². The molecule has 2 heterocycles. The van der Waals surface area contributed by atoms with Crippen LogP contribution < -0.4 is 10.1 Å². The molecule has 1 aromatic rings. The van der Waals surface area contributed by atoms with E-state index in [0.717, 1.165) is 0 Å². The Bertz CT molecular complexity index is 549. The van der Waals surface area contributed by atoms with Crippen molar-refractivity contribution in [3.63, 3.8) is 0 Å². The smallest absolute Gasteiger partial charge is 0.272 e. The molecule has 22 heavy (non-hydrogen) atoms. The van der Waals surface area contributed by atoms with Crippen LogP contribution in [0.15, 0.2) is 18.7 Å². The Hall–Kier alpha value is -2.35.